The van der Waals surface area contributed by atoms with E-state index in [4.69, 9.17) is 4.74 Å². The predicted molar refractivity (Wildman–Crippen MR) is 221 cm³/mol. The molecular formula is C48H77NOS2. The second-order valence-corrected chi connectivity index (χ2v) is 24.5. The number of ether oxygens (including phenoxy) is 1. The molecule has 16 unspecified atom stereocenters. The van der Waals surface area contributed by atoms with Gasteiger partial charge in [0.15, 0.2) is 0 Å². The van der Waals surface area contributed by atoms with Gasteiger partial charge in [-0.25, -0.2) is 0 Å². The summed E-state index contributed by atoms with van der Waals surface area (Å²) in [7, 11) is 0. The topological polar surface area (TPSA) is 12.5 Å². The predicted octanol–water partition coefficient (Wildman–Crippen LogP) is 12.7. The van der Waals surface area contributed by atoms with Crippen LogP contribution in [-0.2, 0) is 4.74 Å². The van der Waals surface area contributed by atoms with Crippen LogP contribution in [0.4, 0.5) is 0 Å². The molecule has 0 N–H and O–H groups in total. The van der Waals surface area contributed by atoms with Gasteiger partial charge in [-0.1, -0.05) is 77.0 Å². The Morgan fingerprint density at radius 1 is 0.346 bits per heavy atom. The molecule has 0 aromatic rings. The molecule has 4 heteroatoms. The average molecular weight is 748 g/mol. The Labute approximate surface area is 328 Å². The molecule has 3 saturated heterocycles. The normalized spacial score (nSPS) is 53.7. The van der Waals surface area contributed by atoms with Crippen LogP contribution in [0, 0.1) is 59.2 Å². The summed E-state index contributed by atoms with van der Waals surface area (Å²) in [5.41, 5.74) is 0. The Kier molecular flexibility index (Phi) is 10.6. The number of thioether (sulfide) groups is 2. The van der Waals surface area contributed by atoms with E-state index in [9.17, 15) is 0 Å². The van der Waals surface area contributed by atoms with Gasteiger partial charge in [0, 0.05) is 45.0 Å². The van der Waals surface area contributed by atoms with Crippen LogP contribution in [0.25, 0.3) is 0 Å². The van der Waals surface area contributed by atoms with E-state index in [-0.39, 0.29) is 0 Å². The van der Waals surface area contributed by atoms with Crippen LogP contribution in [0.15, 0.2) is 0 Å². The largest absolute Gasteiger partial charge is 0.372 e. The molecule has 0 aromatic heterocycles. The van der Waals surface area contributed by atoms with Crippen LogP contribution >= 0.6 is 23.5 Å². The zero-order valence-electron chi connectivity index (χ0n) is 33.1. The van der Waals surface area contributed by atoms with Crippen molar-refractivity contribution >= 4 is 23.5 Å². The Bertz CT molecular complexity index is 1210. The summed E-state index contributed by atoms with van der Waals surface area (Å²) in [4.78, 5) is 3.39. The first-order valence-electron chi connectivity index (χ1n) is 24.5. The van der Waals surface area contributed by atoms with E-state index in [0.717, 1.165) is 98.3 Å². The zero-order chi connectivity index (χ0) is 34.2. The van der Waals surface area contributed by atoms with E-state index >= 15 is 0 Å². The summed E-state index contributed by atoms with van der Waals surface area (Å²) in [5.74, 6) is 10.00. The molecule has 2 nitrogen and oxygen atoms in total. The molecule has 8 saturated carbocycles. The molecule has 11 fully saturated rings. The van der Waals surface area contributed by atoms with Crippen molar-refractivity contribution in [2.75, 3.05) is 0 Å². The Hall–Kier alpha value is 0.620. The summed E-state index contributed by atoms with van der Waals surface area (Å²) in [6.07, 6.45) is 45.5. The number of hydrogen-bond acceptors (Lipinski definition) is 4. The second kappa shape index (κ2) is 15.4. The molecular weight excluding hydrogens is 671 g/mol. The Morgan fingerprint density at radius 3 is 1.69 bits per heavy atom. The number of nitrogens with zero attached hydrogens (tertiary/aromatic N) is 1. The molecule has 0 bridgehead atoms. The van der Waals surface area contributed by atoms with E-state index in [1.54, 1.807) is 57.8 Å². The molecule has 16 atom stereocenters. The maximum absolute atomic E-state index is 7.82. The smallest absolute Gasteiger partial charge is 0.0766 e. The maximum Gasteiger partial charge on any atom is 0.0766 e. The minimum Gasteiger partial charge on any atom is -0.372 e. The molecule has 0 aromatic carbocycles. The van der Waals surface area contributed by atoms with Gasteiger partial charge in [-0.2, -0.15) is 23.5 Å². The second-order valence-electron chi connectivity index (χ2n) is 21.5. The monoisotopic (exact) mass is 748 g/mol. The van der Waals surface area contributed by atoms with Crippen molar-refractivity contribution in [3.63, 3.8) is 0 Å². The highest BCUT2D eigenvalue weighted by Crippen LogP contribution is 2.62. The lowest BCUT2D eigenvalue weighted by atomic mass is 9.61. The first-order valence-corrected chi connectivity index (χ1v) is 26.4. The van der Waals surface area contributed by atoms with Crippen molar-refractivity contribution in [2.45, 2.75) is 238 Å². The minimum atomic E-state index is 0.556. The summed E-state index contributed by atoms with van der Waals surface area (Å²) < 4.78 is 7.82. The van der Waals surface area contributed by atoms with Crippen molar-refractivity contribution in [3.8, 4) is 0 Å². The summed E-state index contributed by atoms with van der Waals surface area (Å²) in [5, 5.41) is 3.91. The number of fused-ring (bicyclic) bond motifs is 10. The van der Waals surface area contributed by atoms with Crippen LogP contribution in [0.2, 0.25) is 0 Å². The number of rotatable bonds is 5. The van der Waals surface area contributed by atoms with E-state index in [1.807, 2.05) is 0 Å². The highest BCUT2D eigenvalue weighted by molar-refractivity contribution is 8.01. The zero-order valence-corrected chi connectivity index (χ0v) is 34.8. The van der Waals surface area contributed by atoms with Crippen molar-refractivity contribution in [1.29, 1.82) is 0 Å². The van der Waals surface area contributed by atoms with Gasteiger partial charge < -0.3 is 4.74 Å². The maximum atomic E-state index is 7.82. The quantitative estimate of drug-likeness (QED) is 0.277. The third-order valence-electron chi connectivity index (χ3n) is 19.5. The molecule has 11 rings (SSSR count). The third kappa shape index (κ3) is 6.39. The molecule has 52 heavy (non-hydrogen) atoms. The fourth-order valence-electron chi connectivity index (χ4n) is 17.5. The lowest BCUT2D eigenvalue weighted by Crippen LogP contribution is -2.59. The van der Waals surface area contributed by atoms with Gasteiger partial charge >= 0.3 is 0 Å². The van der Waals surface area contributed by atoms with E-state index in [0.29, 0.717) is 12.2 Å². The molecule has 3 heterocycles. The highest BCUT2D eigenvalue weighted by atomic mass is 32.2. The molecule has 0 spiro atoms. The van der Waals surface area contributed by atoms with Gasteiger partial charge in [0.25, 0.3) is 0 Å². The van der Waals surface area contributed by atoms with Gasteiger partial charge in [0.1, 0.15) is 0 Å². The van der Waals surface area contributed by atoms with Gasteiger partial charge in [0.2, 0.25) is 0 Å². The first kappa shape index (κ1) is 35.8. The van der Waals surface area contributed by atoms with Crippen molar-refractivity contribution in [1.82, 2.24) is 4.90 Å². The van der Waals surface area contributed by atoms with Gasteiger partial charge in [-0.05, 0) is 162 Å². The molecule has 11 aliphatic rings. The fraction of sp³-hybridized carbons (Fsp3) is 1.00. The lowest BCUT2D eigenvalue weighted by molar-refractivity contribution is -0.1000. The van der Waals surface area contributed by atoms with Crippen LogP contribution in [0.3, 0.4) is 0 Å². The van der Waals surface area contributed by atoms with E-state index in [2.05, 4.69) is 28.4 Å². The molecule has 3 aliphatic heterocycles. The summed E-state index contributed by atoms with van der Waals surface area (Å²) >= 11 is 4.95. The lowest BCUT2D eigenvalue weighted by Gasteiger charge is -2.53. The van der Waals surface area contributed by atoms with Crippen molar-refractivity contribution in [3.05, 3.63) is 0 Å². The molecule has 0 amide bonds. The Balaban J connectivity index is 0.853. The summed E-state index contributed by atoms with van der Waals surface area (Å²) in [6.45, 7) is 0. The standard InChI is InChI=1S/C48H77NOS2/c1-2-11-30(12-3-1)34-13-4-5-14-35(34)31-21-23-32(24-22-31)49(33-25-27-44-40(29-33)36-15-6-8-19-42(36)51-44)41-18-10-17-37-38-26-28-45-46(48(38)50-47(37)41)39-16-7-9-20-43(39)52-45/h30-48H,1-29H2. The first-order chi connectivity index (χ1) is 25.8. The SMILES string of the molecule is C1CCC(C2CCCCC2C2CCC(N(C3CCC4SC5CCCCC5C4C3)C3CCCC4C5CCC6SC7CCCCC7C6C5OC43)CC2)CC1. The molecule has 292 valence electrons. The van der Waals surface area contributed by atoms with E-state index < -0.39 is 0 Å². The van der Waals surface area contributed by atoms with Gasteiger partial charge in [-0.15, -0.1) is 0 Å². The Morgan fingerprint density at radius 2 is 0.904 bits per heavy atom. The third-order valence-corrected chi connectivity index (χ3v) is 23.2. The van der Waals surface area contributed by atoms with Crippen molar-refractivity contribution in [2.24, 2.45) is 59.2 Å². The summed E-state index contributed by atoms with van der Waals surface area (Å²) in [6, 6.07) is 2.42. The van der Waals surface area contributed by atoms with Crippen LogP contribution < -0.4 is 0 Å². The van der Waals surface area contributed by atoms with E-state index in [1.165, 1.54) is 128 Å². The highest BCUT2D eigenvalue weighted by Gasteiger charge is 2.61. The average Bonchev–Trinajstić information content (AvgIpc) is 3.90. The van der Waals surface area contributed by atoms with Crippen LogP contribution in [-0.4, -0.2) is 56.2 Å². The fourth-order valence-corrected chi connectivity index (χ4v) is 21.6. The van der Waals surface area contributed by atoms with Gasteiger partial charge in [-0.3, -0.25) is 4.90 Å². The minimum absolute atomic E-state index is 0.556. The molecule has 0 radical (unpaired) electrons. The van der Waals surface area contributed by atoms with Crippen LogP contribution in [0.1, 0.15) is 186 Å². The van der Waals surface area contributed by atoms with Crippen molar-refractivity contribution < 1.29 is 4.74 Å². The van der Waals surface area contributed by atoms with Crippen LogP contribution in [0.5, 0.6) is 0 Å². The molecule has 8 aliphatic carbocycles. The number of hydrogen-bond donors (Lipinski definition) is 0. The van der Waals surface area contributed by atoms with Gasteiger partial charge in [0.05, 0.1) is 12.2 Å².